The van der Waals surface area contributed by atoms with E-state index in [1.54, 1.807) is 0 Å². The van der Waals surface area contributed by atoms with E-state index in [0.29, 0.717) is 25.7 Å². The molecule has 0 aromatic heterocycles. The van der Waals surface area contributed by atoms with Crippen LogP contribution in [0.3, 0.4) is 0 Å². The van der Waals surface area contributed by atoms with Gasteiger partial charge < -0.3 is 10.2 Å². The van der Waals surface area contributed by atoms with Crippen LogP contribution < -0.4 is 0 Å². The van der Waals surface area contributed by atoms with Crippen molar-refractivity contribution in [2.75, 3.05) is 0 Å². The fourth-order valence-corrected chi connectivity index (χ4v) is 4.51. The number of hydrogen-bond donors (Lipinski definition) is 2. The quantitative estimate of drug-likeness (QED) is 0.708. The van der Waals surface area contributed by atoms with Crippen LogP contribution >= 0.6 is 0 Å². The molecule has 0 bridgehead atoms. The summed E-state index contributed by atoms with van der Waals surface area (Å²) < 4.78 is 0. The highest BCUT2D eigenvalue weighted by Crippen LogP contribution is 2.37. The van der Waals surface area contributed by atoms with Gasteiger partial charge in [0.05, 0.1) is 0 Å². The summed E-state index contributed by atoms with van der Waals surface area (Å²) in [7, 11) is 0. The molecule has 2 fully saturated rings. The molecule has 30 heavy (non-hydrogen) atoms. The molecule has 4 nitrogen and oxygen atoms in total. The predicted octanol–water partition coefficient (Wildman–Crippen LogP) is 4.86. The molecule has 0 heterocycles. The maximum absolute atomic E-state index is 12.3. The van der Waals surface area contributed by atoms with Crippen LogP contribution in [0.2, 0.25) is 0 Å². The molecule has 0 atom stereocenters. The summed E-state index contributed by atoms with van der Waals surface area (Å²) in [6, 6.07) is 18.6. The molecule has 2 aliphatic rings. The van der Waals surface area contributed by atoms with Crippen LogP contribution in [0.15, 0.2) is 60.7 Å². The van der Waals surface area contributed by atoms with Crippen LogP contribution in [0, 0.1) is 0 Å². The average Bonchev–Trinajstić information content (AvgIpc) is 2.81. The molecular formula is C26H32O4. The summed E-state index contributed by atoms with van der Waals surface area (Å²) in [6.07, 6.45) is 7.93. The summed E-state index contributed by atoms with van der Waals surface area (Å²) in [5, 5.41) is 20.7. The van der Waals surface area contributed by atoms with Crippen LogP contribution in [-0.2, 0) is 4.79 Å². The zero-order chi connectivity index (χ0) is 21.5. The number of carbonyl (C=O) groups excluding carboxylic acids is 2. The third-order valence-electron chi connectivity index (χ3n) is 6.28. The summed E-state index contributed by atoms with van der Waals surface area (Å²) >= 11 is 0. The van der Waals surface area contributed by atoms with E-state index in [4.69, 9.17) is 0 Å². The molecule has 0 radical (unpaired) electrons. The van der Waals surface area contributed by atoms with Crippen LogP contribution in [0.4, 0.5) is 0 Å². The van der Waals surface area contributed by atoms with Gasteiger partial charge >= 0.3 is 0 Å². The van der Waals surface area contributed by atoms with Gasteiger partial charge in [-0.25, -0.2) is 0 Å². The molecule has 2 saturated carbocycles. The zero-order valence-corrected chi connectivity index (χ0v) is 17.6. The van der Waals surface area contributed by atoms with Crippen molar-refractivity contribution in [1.82, 2.24) is 0 Å². The minimum Gasteiger partial charge on any atom is -0.382 e. The Morgan fingerprint density at radius 3 is 1.23 bits per heavy atom. The van der Waals surface area contributed by atoms with Crippen molar-refractivity contribution in [3.63, 3.8) is 0 Å². The van der Waals surface area contributed by atoms with Gasteiger partial charge in [-0.15, -0.1) is 0 Å². The van der Waals surface area contributed by atoms with E-state index in [-0.39, 0.29) is 11.6 Å². The first kappa shape index (κ1) is 22.4. The number of rotatable bonds is 4. The van der Waals surface area contributed by atoms with E-state index < -0.39 is 11.2 Å². The van der Waals surface area contributed by atoms with Crippen LogP contribution in [0.5, 0.6) is 0 Å². The van der Waals surface area contributed by atoms with Crippen molar-refractivity contribution in [1.29, 1.82) is 0 Å². The van der Waals surface area contributed by atoms with E-state index in [0.717, 1.165) is 49.7 Å². The molecule has 0 unspecified atom stereocenters. The highest BCUT2D eigenvalue weighted by molar-refractivity contribution is 6.08. The SMILES string of the molecule is O=C(C1(O)CCCCC1)C1(O)CCCCC1.O=C(c1ccccc1)c1ccccc1. The molecular weight excluding hydrogens is 376 g/mol. The van der Waals surface area contributed by atoms with Gasteiger partial charge in [0, 0.05) is 11.1 Å². The number of hydrogen-bond acceptors (Lipinski definition) is 4. The van der Waals surface area contributed by atoms with E-state index in [1.807, 2.05) is 60.7 Å². The van der Waals surface area contributed by atoms with Gasteiger partial charge in [-0.05, 0) is 25.7 Å². The summed E-state index contributed by atoms with van der Waals surface area (Å²) in [5.41, 5.74) is -0.994. The van der Waals surface area contributed by atoms with Crippen molar-refractivity contribution >= 4 is 11.6 Å². The lowest BCUT2D eigenvalue weighted by molar-refractivity contribution is -0.163. The van der Waals surface area contributed by atoms with E-state index in [9.17, 15) is 19.8 Å². The van der Waals surface area contributed by atoms with Gasteiger partial charge in [0.15, 0.2) is 11.6 Å². The summed E-state index contributed by atoms with van der Waals surface area (Å²) in [6.45, 7) is 0. The number of Topliss-reactive ketones (excluding diaryl/α,β-unsaturated/α-hetero) is 1. The number of ketones is 2. The minimum absolute atomic E-state index is 0.0752. The lowest BCUT2D eigenvalue weighted by atomic mass is 9.71. The van der Waals surface area contributed by atoms with E-state index in [2.05, 4.69) is 0 Å². The Labute approximate surface area is 179 Å². The fraction of sp³-hybridized carbons (Fsp3) is 0.462. The largest absolute Gasteiger partial charge is 0.382 e. The predicted molar refractivity (Wildman–Crippen MR) is 117 cm³/mol. The lowest BCUT2D eigenvalue weighted by Crippen LogP contribution is -2.54. The second-order valence-corrected chi connectivity index (χ2v) is 8.57. The molecule has 2 aromatic rings. The first-order valence-corrected chi connectivity index (χ1v) is 11.1. The number of benzene rings is 2. The average molecular weight is 409 g/mol. The molecule has 4 heteroatoms. The molecule has 2 N–H and O–H groups in total. The molecule has 4 rings (SSSR count). The Balaban J connectivity index is 0.000000172. The molecule has 2 aromatic carbocycles. The van der Waals surface area contributed by atoms with Gasteiger partial charge in [-0.3, -0.25) is 9.59 Å². The Hall–Kier alpha value is -2.30. The maximum atomic E-state index is 12.3. The molecule has 0 spiro atoms. The molecule has 160 valence electrons. The van der Waals surface area contributed by atoms with Crippen molar-refractivity contribution in [2.24, 2.45) is 0 Å². The first-order chi connectivity index (χ1) is 14.4. The normalized spacial score (nSPS) is 19.8. The number of carbonyl (C=O) groups is 2. The van der Waals surface area contributed by atoms with Gasteiger partial charge in [0.2, 0.25) is 0 Å². The van der Waals surface area contributed by atoms with Crippen molar-refractivity contribution in [3.8, 4) is 0 Å². The van der Waals surface area contributed by atoms with Crippen molar-refractivity contribution < 1.29 is 19.8 Å². The Morgan fingerprint density at radius 2 is 0.900 bits per heavy atom. The smallest absolute Gasteiger partial charge is 0.195 e. The molecule has 2 aliphatic carbocycles. The zero-order valence-electron chi connectivity index (χ0n) is 17.6. The third kappa shape index (κ3) is 5.44. The Bertz CT molecular complexity index is 749. The minimum atomic E-state index is -1.23. The van der Waals surface area contributed by atoms with Gasteiger partial charge in [-0.1, -0.05) is 99.2 Å². The monoisotopic (exact) mass is 408 g/mol. The Morgan fingerprint density at radius 1 is 0.567 bits per heavy atom. The van der Waals surface area contributed by atoms with Crippen LogP contribution in [0.1, 0.15) is 80.1 Å². The third-order valence-corrected chi connectivity index (χ3v) is 6.28. The van der Waals surface area contributed by atoms with Crippen LogP contribution in [-0.4, -0.2) is 33.0 Å². The van der Waals surface area contributed by atoms with Crippen molar-refractivity contribution in [2.45, 2.75) is 75.4 Å². The second-order valence-electron chi connectivity index (χ2n) is 8.57. The molecule has 0 amide bonds. The van der Waals surface area contributed by atoms with E-state index >= 15 is 0 Å². The van der Waals surface area contributed by atoms with Crippen LogP contribution in [0.25, 0.3) is 0 Å². The van der Waals surface area contributed by atoms with Gasteiger partial charge in [0.25, 0.3) is 0 Å². The topological polar surface area (TPSA) is 74.6 Å². The lowest BCUT2D eigenvalue weighted by Gasteiger charge is -2.39. The highest BCUT2D eigenvalue weighted by atomic mass is 16.3. The Kier molecular flexibility index (Phi) is 7.57. The number of aliphatic hydroxyl groups is 2. The van der Waals surface area contributed by atoms with Gasteiger partial charge in [0.1, 0.15) is 11.2 Å². The summed E-state index contributed by atoms with van der Waals surface area (Å²) in [5.74, 6) is -0.217. The standard InChI is InChI=1S/C13H22O3.C13H10O/c14-11(12(15)7-3-1-4-8-12)13(16)9-5-2-6-10-13;14-13(11-7-3-1-4-8-11)12-9-5-2-6-10-12/h15-16H,1-10H2;1-10H. The fourth-order valence-electron chi connectivity index (χ4n) is 4.51. The van der Waals surface area contributed by atoms with Crippen molar-refractivity contribution in [3.05, 3.63) is 71.8 Å². The maximum Gasteiger partial charge on any atom is 0.195 e. The van der Waals surface area contributed by atoms with E-state index in [1.165, 1.54) is 0 Å². The molecule has 0 aliphatic heterocycles. The highest BCUT2D eigenvalue weighted by Gasteiger charge is 2.48. The molecule has 0 saturated heterocycles. The summed E-state index contributed by atoms with van der Waals surface area (Å²) in [4.78, 5) is 24.1. The first-order valence-electron chi connectivity index (χ1n) is 11.1. The van der Waals surface area contributed by atoms with Gasteiger partial charge in [-0.2, -0.15) is 0 Å². The second kappa shape index (κ2) is 10.1.